The van der Waals surface area contributed by atoms with Gasteiger partial charge in [0.05, 0.1) is 0 Å². The van der Waals surface area contributed by atoms with E-state index in [0.29, 0.717) is 5.41 Å². The third-order valence-corrected chi connectivity index (χ3v) is 2.33. The second-order valence-corrected chi connectivity index (χ2v) is 4.26. The highest BCUT2D eigenvalue weighted by atomic mass is 35.5. The fourth-order valence-electron chi connectivity index (χ4n) is 1.53. The van der Waals surface area contributed by atoms with Crippen LogP contribution in [0.4, 0.5) is 0 Å². The molecule has 0 unspecified atom stereocenters. The van der Waals surface area contributed by atoms with Crippen molar-refractivity contribution in [2.45, 2.75) is 20.3 Å². The molecular formula is C8H17Cl2N. The second-order valence-electron chi connectivity index (χ2n) is 3.88. The molecule has 0 radical (unpaired) electrons. The number of likely N-dealkylation sites (tertiary alicyclic amines) is 1. The maximum atomic E-state index is 5.63. The first-order valence-electron chi connectivity index (χ1n) is 3.92. The van der Waals surface area contributed by atoms with E-state index in [0.717, 1.165) is 12.4 Å². The minimum absolute atomic E-state index is 0. The summed E-state index contributed by atoms with van der Waals surface area (Å²) in [6.07, 6.45) is 1.32. The van der Waals surface area contributed by atoms with Crippen LogP contribution in [0.25, 0.3) is 0 Å². The van der Waals surface area contributed by atoms with Gasteiger partial charge in [-0.15, -0.1) is 24.0 Å². The Morgan fingerprint density at radius 2 is 2.09 bits per heavy atom. The topological polar surface area (TPSA) is 3.24 Å². The van der Waals surface area contributed by atoms with Crippen molar-refractivity contribution in [2.24, 2.45) is 5.41 Å². The van der Waals surface area contributed by atoms with E-state index < -0.39 is 0 Å². The van der Waals surface area contributed by atoms with E-state index in [1.807, 2.05) is 0 Å². The molecule has 0 saturated carbocycles. The van der Waals surface area contributed by atoms with Crippen molar-refractivity contribution in [3.63, 3.8) is 0 Å². The van der Waals surface area contributed by atoms with Crippen LogP contribution in [0.15, 0.2) is 0 Å². The molecule has 0 amide bonds. The molecule has 0 spiro atoms. The summed E-state index contributed by atoms with van der Waals surface area (Å²) in [7, 11) is 0. The normalized spacial score (nSPS) is 23.2. The van der Waals surface area contributed by atoms with Crippen molar-refractivity contribution >= 4 is 24.0 Å². The standard InChI is InChI=1S/C8H16ClN.ClH/c1-8(2)3-5-10(7-8)6-4-9;/h3-7H2,1-2H3;1H. The summed E-state index contributed by atoms with van der Waals surface area (Å²) in [5, 5.41) is 0. The van der Waals surface area contributed by atoms with Crippen LogP contribution in [0, 0.1) is 5.41 Å². The van der Waals surface area contributed by atoms with Gasteiger partial charge in [-0.1, -0.05) is 13.8 Å². The van der Waals surface area contributed by atoms with Gasteiger partial charge in [-0.25, -0.2) is 0 Å². The zero-order valence-electron chi connectivity index (χ0n) is 7.27. The maximum absolute atomic E-state index is 5.63. The molecule has 0 aromatic heterocycles. The molecule has 1 aliphatic heterocycles. The molecule has 1 aliphatic rings. The summed E-state index contributed by atoms with van der Waals surface area (Å²) in [6, 6.07) is 0. The lowest BCUT2D eigenvalue weighted by Crippen LogP contribution is -2.25. The predicted octanol–water partition coefficient (Wildman–Crippen LogP) is 2.38. The second kappa shape index (κ2) is 4.54. The SMILES string of the molecule is CC1(C)CCN(CCCl)C1.Cl. The molecule has 0 atom stereocenters. The minimum Gasteiger partial charge on any atom is -0.302 e. The Labute approximate surface area is 80.5 Å². The summed E-state index contributed by atoms with van der Waals surface area (Å²) in [4.78, 5) is 2.44. The average Bonchev–Trinajstić information content (AvgIpc) is 2.12. The number of hydrogen-bond donors (Lipinski definition) is 0. The molecule has 0 aromatic rings. The van der Waals surface area contributed by atoms with E-state index in [9.17, 15) is 0 Å². The van der Waals surface area contributed by atoms with E-state index in [1.165, 1.54) is 19.5 Å². The summed E-state index contributed by atoms with van der Waals surface area (Å²) in [5.74, 6) is 0.774. The molecule has 0 aromatic carbocycles. The Hall–Kier alpha value is 0.540. The number of nitrogens with zero attached hydrogens (tertiary/aromatic N) is 1. The monoisotopic (exact) mass is 197 g/mol. The van der Waals surface area contributed by atoms with Crippen LogP contribution < -0.4 is 0 Å². The Kier molecular flexibility index (Phi) is 4.76. The van der Waals surface area contributed by atoms with Crippen LogP contribution in [0.1, 0.15) is 20.3 Å². The van der Waals surface area contributed by atoms with Crippen LogP contribution in [-0.4, -0.2) is 30.4 Å². The Balaban J connectivity index is 0.000001000. The van der Waals surface area contributed by atoms with Crippen LogP contribution in [0.5, 0.6) is 0 Å². The van der Waals surface area contributed by atoms with Crippen LogP contribution in [0.3, 0.4) is 0 Å². The molecule has 3 heteroatoms. The van der Waals surface area contributed by atoms with Crippen molar-refractivity contribution in [1.29, 1.82) is 0 Å². The number of rotatable bonds is 2. The number of halogens is 2. The highest BCUT2D eigenvalue weighted by molar-refractivity contribution is 6.18. The molecule has 0 aliphatic carbocycles. The minimum atomic E-state index is 0. The molecular weight excluding hydrogens is 181 g/mol. The third kappa shape index (κ3) is 3.64. The van der Waals surface area contributed by atoms with Gasteiger partial charge in [0.2, 0.25) is 0 Å². The number of alkyl halides is 1. The van der Waals surface area contributed by atoms with Gasteiger partial charge in [0.15, 0.2) is 0 Å². The summed E-state index contributed by atoms with van der Waals surface area (Å²) < 4.78 is 0. The van der Waals surface area contributed by atoms with Crippen LogP contribution in [-0.2, 0) is 0 Å². The van der Waals surface area contributed by atoms with Crippen molar-refractivity contribution < 1.29 is 0 Å². The van der Waals surface area contributed by atoms with Gasteiger partial charge in [0.1, 0.15) is 0 Å². The fraction of sp³-hybridized carbons (Fsp3) is 1.00. The molecule has 11 heavy (non-hydrogen) atoms. The van der Waals surface area contributed by atoms with Gasteiger partial charge < -0.3 is 4.90 Å². The molecule has 1 rings (SSSR count). The lowest BCUT2D eigenvalue weighted by molar-refractivity contribution is 0.305. The highest BCUT2D eigenvalue weighted by Gasteiger charge is 2.28. The first-order chi connectivity index (χ1) is 4.64. The van der Waals surface area contributed by atoms with Gasteiger partial charge in [0, 0.05) is 19.0 Å². The Morgan fingerprint density at radius 3 is 2.45 bits per heavy atom. The van der Waals surface area contributed by atoms with Crippen molar-refractivity contribution in [3.8, 4) is 0 Å². The van der Waals surface area contributed by atoms with Crippen molar-refractivity contribution in [3.05, 3.63) is 0 Å². The summed E-state index contributed by atoms with van der Waals surface area (Å²) in [6.45, 7) is 8.16. The van der Waals surface area contributed by atoms with Crippen LogP contribution in [0.2, 0.25) is 0 Å². The molecule has 1 saturated heterocycles. The zero-order chi connectivity index (χ0) is 7.61. The Bertz CT molecular complexity index is 115. The molecule has 68 valence electrons. The smallest absolute Gasteiger partial charge is 0.0351 e. The van der Waals surface area contributed by atoms with Crippen molar-refractivity contribution in [2.75, 3.05) is 25.5 Å². The van der Waals surface area contributed by atoms with E-state index in [4.69, 9.17) is 11.6 Å². The first-order valence-corrected chi connectivity index (χ1v) is 4.46. The predicted molar refractivity (Wildman–Crippen MR) is 52.8 cm³/mol. The van der Waals surface area contributed by atoms with Crippen molar-refractivity contribution in [1.82, 2.24) is 4.90 Å². The van der Waals surface area contributed by atoms with Gasteiger partial charge in [-0.05, 0) is 18.4 Å². The lowest BCUT2D eigenvalue weighted by atomic mass is 9.93. The fourth-order valence-corrected chi connectivity index (χ4v) is 1.77. The van der Waals surface area contributed by atoms with E-state index >= 15 is 0 Å². The summed E-state index contributed by atoms with van der Waals surface area (Å²) >= 11 is 5.63. The molecule has 1 heterocycles. The molecule has 1 fully saturated rings. The quantitative estimate of drug-likeness (QED) is 0.616. The third-order valence-electron chi connectivity index (χ3n) is 2.16. The average molecular weight is 198 g/mol. The largest absolute Gasteiger partial charge is 0.302 e. The molecule has 0 bridgehead atoms. The lowest BCUT2D eigenvalue weighted by Gasteiger charge is -2.18. The van der Waals surface area contributed by atoms with E-state index in [1.54, 1.807) is 0 Å². The van der Waals surface area contributed by atoms with Gasteiger partial charge >= 0.3 is 0 Å². The molecule has 0 N–H and O–H groups in total. The van der Waals surface area contributed by atoms with Gasteiger partial charge in [-0.2, -0.15) is 0 Å². The zero-order valence-corrected chi connectivity index (χ0v) is 8.84. The maximum Gasteiger partial charge on any atom is 0.0351 e. The van der Waals surface area contributed by atoms with Gasteiger partial charge in [0.25, 0.3) is 0 Å². The molecule has 1 nitrogen and oxygen atoms in total. The van der Waals surface area contributed by atoms with Crippen LogP contribution >= 0.6 is 24.0 Å². The van der Waals surface area contributed by atoms with Gasteiger partial charge in [-0.3, -0.25) is 0 Å². The van der Waals surface area contributed by atoms with E-state index in [2.05, 4.69) is 18.7 Å². The number of hydrogen-bond acceptors (Lipinski definition) is 1. The summed E-state index contributed by atoms with van der Waals surface area (Å²) in [5.41, 5.74) is 0.534. The Morgan fingerprint density at radius 1 is 1.45 bits per heavy atom. The first kappa shape index (κ1) is 11.5. The highest BCUT2D eigenvalue weighted by Crippen LogP contribution is 2.28. The van der Waals surface area contributed by atoms with E-state index in [-0.39, 0.29) is 12.4 Å².